The summed E-state index contributed by atoms with van der Waals surface area (Å²) in [6.45, 7) is 0. The number of fused-ring (bicyclic) bond motifs is 2. The summed E-state index contributed by atoms with van der Waals surface area (Å²) in [7, 11) is 0. The molecule has 0 amide bonds. The fraction of sp³-hybridized carbons (Fsp3) is 0.462. The molecule has 0 bridgehead atoms. The molecule has 2 aromatic rings. The molecule has 3 aliphatic rings. The molecule has 0 spiro atoms. The largest absolute Gasteiger partial charge is 0.382 e. The number of carbonyl (C=O) groups is 2. The van der Waals surface area contributed by atoms with Crippen LogP contribution in [0.4, 0.5) is 11.4 Å². The summed E-state index contributed by atoms with van der Waals surface area (Å²) in [6.07, 6.45) is 11.9. The van der Waals surface area contributed by atoms with Crippen molar-refractivity contribution in [2.45, 2.75) is 76.3 Å². The van der Waals surface area contributed by atoms with Gasteiger partial charge in [0.15, 0.2) is 11.6 Å². The number of anilines is 2. The van der Waals surface area contributed by atoms with E-state index in [-0.39, 0.29) is 11.6 Å². The fourth-order valence-corrected chi connectivity index (χ4v) is 5.42. The van der Waals surface area contributed by atoms with Gasteiger partial charge in [-0.05, 0) is 37.8 Å². The first-order valence-corrected chi connectivity index (χ1v) is 11.6. The summed E-state index contributed by atoms with van der Waals surface area (Å²) in [5.74, 6) is -0.0726. The Morgan fingerprint density at radius 1 is 0.567 bits per heavy atom. The standard InChI is InChI=1S/C26H30N2O2/c29-25-20-14-8-16-22(28-18-11-5-2-6-12-18)24(20)26(30)19-13-7-15-21(23(19)25)27-17-9-3-1-4-10-17/h7-8,13-18,27-28H,1-6,9-12H2. The van der Waals surface area contributed by atoms with Crippen LogP contribution in [0.25, 0.3) is 0 Å². The van der Waals surface area contributed by atoms with Gasteiger partial charge in [-0.2, -0.15) is 0 Å². The van der Waals surface area contributed by atoms with Crippen LogP contribution in [-0.4, -0.2) is 23.7 Å². The van der Waals surface area contributed by atoms with Gasteiger partial charge in [0.1, 0.15) is 0 Å². The first kappa shape index (κ1) is 19.3. The molecule has 5 rings (SSSR count). The van der Waals surface area contributed by atoms with Crippen molar-refractivity contribution in [2.24, 2.45) is 0 Å². The predicted octanol–water partition coefficient (Wildman–Crippen LogP) is 5.95. The van der Waals surface area contributed by atoms with Crippen LogP contribution >= 0.6 is 0 Å². The van der Waals surface area contributed by atoms with Gasteiger partial charge in [-0.25, -0.2) is 0 Å². The van der Waals surface area contributed by atoms with Gasteiger partial charge >= 0.3 is 0 Å². The number of carbonyl (C=O) groups excluding carboxylic acids is 2. The molecule has 2 N–H and O–H groups in total. The molecule has 0 atom stereocenters. The van der Waals surface area contributed by atoms with Crippen LogP contribution in [0.15, 0.2) is 36.4 Å². The molecule has 0 radical (unpaired) electrons. The molecule has 2 saturated carbocycles. The van der Waals surface area contributed by atoms with E-state index < -0.39 is 0 Å². The summed E-state index contributed by atoms with van der Waals surface area (Å²) in [4.78, 5) is 27.1. The molecule has 0 aliphatic heterocycles. The second-order valence-electron chi connectivity index (χ2n) is 9.07. The average molecular weight is 403 g/mol. The van der Waals surface area contributed by atoms with Gasteiger partial charge < -0.3 is 10.6 Å². The van der Waals surface area contributed by atoms with Crippen molar-refractivity contribution in [3.05, 3.63) is 58.7 Å². The zero-order valence-electron chi connectivity index (χ0n) is 17.5. The lowest BCUT2D eigenvalue weighted by Gasteiger charge is -2.29. The van der Waals surface area contributed by atoms with E-state index in [1.165, 1.54) is 38.5 Å². The van der Waals surface area contributed by atoms with Crippen LogP contribution in [-0.2, 0) is 0 Å². The second kappa shape index (κ2) is 8.25. The Balaban J connectivity index is 1.49. The molecule has 4 heteroatoms. The van der Waals surface area contributed by atoms with Crippen molar-refractivity contribution in [1.82, 2.24) is 0 Å². The molecule has 30 heavy (non-hydrogen) atoms. The van der Waals surface area contributed by atoms with Gasteiger partial charge in [0.2, 0.25) is 0 Å². The Morgan fingerprint density at radius 3 is 1.37 bits per heavy atom. The topological polar surface area (TPSA) is 58.2 Å². The van der Waals surface area contributed by atoms with Crippen molar-refractivity contribution in [2.75, 3.05) is 10.6 Å². The first-order chi connectivity index (χ1) is 14.7. The maximum Gasteiger partial charge on any atom is 0.196 e. The molecule has 2 fully saturated rings. The number of nitrogens with one attached hydrogen (secondary N) is 2. The van der Waals surface area contributed by atoms with E-state index in [0.717, 1.165) is 37.1 Å². The highest BCUT2D eigenvalue weighted by Crippen LogP contribution is 2.37. The van der Waals surface area contributed by atoms with Crippen LogP contribution in [0.1, 0.15) is 96.1 Å². The lowest BCUT2D eigenvalue weighted by molar-refractivity contribution is 0.0980. The van der Waals surface area contributed by atoms with Gasteiger partial charge in [-0.15, -0.1) is 0 Å². The summed E-state index contributed by atoms with van der Waals surface area (Å²) in [6, 6.07) is 12.1. The summed E-state index contributed by atoms with van der Waals surface area (Å²) >= 11 is 0. The number of hydrogen-bond acceptors (Lipinski definition) is 4. The molecule has 3 aliphatic carbocycles. The number of ketones is 2. The first-order valence-electron chi connectivity index (χ1n) is 11.6. The third-order valence-corrected chi connectivity index (χ3v) is 7.00. The van der Waals surface area contributed by atoms with E-state index in [4.69, 9.17) is 0 Å². The molecular weight excluding hydrogens is 372 g/mol. The van der Waals surface area contributed by atoms with Crippen molar-refractivity contribution in [1.29, 1.82) is 0 Å². The molecular formula is C26H30N2O2. The Hall–Kier alpha value is -2.62. The van der Waals surface area contributed by atoms with Gasteiger partial charge in [0, 0.05) is 34.6 Å². The van der Waals surface area contributed by atoms with Gasteiger partial charge in [0.25, 0.3) is 0 Å². The quantitative estimate of drug-likeness (QED) is 0.566. The number of hydrogen-bond donors (Lipinski definition) is 2. The highest BCUT2D eigenvalue weighted by molar-refractivity contribution is 6.31. The van der Waals surface area contributed by atoms with Gasteiger partial charge in [-0.3, -0.25) is 9.59 Å². The predicted molar refractivity (Wildman–Crippen MR) is 121 cm³/mol. The Kier molecular flexibility index (Phi) is 5.32. The Bertz CT molecular complexity index is 889. The lowest BCUT2D eigenvalue weighted by atomic mass is 9.81. The van der Waals surface area contributed by atoms with Crippen LogP contribution in [0.3, 0.4) is 0 Å². The van der Waals surface area contributed by atoms with Gasteiger partial charge in [0.05, 0.1) is 11.1 Å². The van der Waals surface area contributed by atoms with Crippen molar-refractivity contribution in [3.8, 4) is 0 Å². The maximum atomic E-state index is 13.5. The summed E-state index contributed by atoms with van der Waals surface area (Å²) < 4.78 is 0. The molecule has 0 unspecified atom stereocenters. The van der Waals surface area contributed by atoms with Gasteiger partial charge in [-0.1, -0.05) is 62.8 Å². The van der Waals surface area contributed by atoms with Crippen molar-refractivity contribution >= 4 is 22.9 Å². The Morgan fingerprint density at radius 2 is 0.967 bits per heavy atom. The lowest BCUT2D eigenvalue weighted by Crippen LogP contribution is -2.29. The molecule has 0 heterocycles. The smallest absolute Gasteiger partial charge is 0.196 e. The van der Waals surface area contributed by atoms with E-state index in [1.54, 1.807) is 0 Å². The minimum atomic E-state index is -0.0363. The molecule has 0 saturated heterocycles. The highest BCUT2D eigenvalue weighted by atomic mass is 16.1. The third-order valence-electron chi connectivity index (χ3n) is 7.00. The monoisotopic (exact) mass is 402 g/mol. The Labute approximate surface area is 178 Å². The van der Waals surface area contributed by atoms with Crippen LogP contribution in [0.2, 0.25) is 0 Å². The van der Waals surface area contributed by atoms with E-state index >= 15 is 0 Å². The van der Waals surface area contributed by atoms with Crippen molar-refractivity contribution < 1.29 is 9.59 Å². The highest BCUT2D eigenvalue weighted by Gasteiger charge is 2.34. The summed E-state index contributed by atoms with van der Waals surface area (Å²) in [5, 5.41) is 7.16. The van der Waals surface area contributed by atoms with E-state index in [2.05, 4.69) is 10.6 Å². The SMILES string of the molecule is O=C1c2cccc(NC3CCCCC3)c2C(=O)c2cccc(NC3CCCCC3)c21. The molecule has 2 aromatic carbocycles. The third kappa shape index (κ3) is 3.53. The maximum absolute atomic E-state index is 13.5. The normalized spacial score (nSPS) is 19.9. The van der Waals surface area contributed by atoms with Crippen molar-refractivity contribution in [3.63, 3.8) is 0 Å². The zero-order valence-corrected chi connectivity index (χ0v) is 17.5. The summed E-state index contributed by atoms with van der Waals surface area (Å²) in [5.41, 5.74) is 3.80. The zero-order chi connectivity index (χ0) is 20.5. The second-order valence-corrected chi connectivity index (χ2v) is 9.07. The number of rotatable bonds is 4. The minimum Gasteiger partial charge on any atom is -0.382 e. The van der Waals surface area contributed by atoms with Crippen LogP contribution in [0.5, 0.6) is 0 Å². The molecule has 4 nitrogen and oxygen atoms in total. The van der Waals surface area contributed by atoms with Crippen LogP contribution < -0.4 is 10.6 Å². The fourth-order valence-electron chi connectivity index (χ4n) is 5.42. The molecule has 156 valence electrons. The van der Waals surface area contributed by atoms with E-state index in [0.29, 0.717) is 34.3 Å². The van der Waals surface area contributed by atoms with E-state index in [9.17, 15) is 9.59 Å². The minimum absolute atomic E-state index is 0.0363. The average Bonchev–Trinajstić information content (AvgIpc) is 2.79. The number of benzene rings is 2. The molecule has 0 aromatic heterocycles. The van der Waals surface area contributed by atoms with E-state index in [1.807, 2.05) is 36.4 Å². The van der Waals surface area contributed by atoms with Crippen LogP contribution in [0, 0.1) is 0 Å².